The fraction of sp³-hybridized carbons (Fsp3) is 0.235. The average molecular weight is 413 g/mol. The molecule has 0 unspecified atom stereocenters. The highest BCUT2D eigenvalue weighted by atomic mass is 35.5. The highest BCUT2D eigenvalue weighted by molar-refractivity contribution is 7.98. The van der Waals surface area contributed by atoms with Gasteiger partial charge in [0.05, 0.1) is 12.0 Å². The van der Waals surface area contributed by atoms with Crippen molar-refractivity contribution in [3.8, 4) is 5.75 Å². The van der Waals surface area contributed by atoms with Crippen LogP contribution < -0.4 is 4.74 Å². The highest BCUT2D eigenvalue weighted by Gasteiger charge is 2.19. The smallest absolute Gasteiger partial charge is 0.257 e. The Morgan fingerprint density at radius 2 is 2.00 bits per heavy atom. The number of methoxy groups -OCH3 is 1. The molecule has 0 aliphatic rings. The van der Waals surface area contributed by atoms with E-state index in [2.05, 4.69) is 4.98 Å². The number of halogens is 1. The van der Waals surface area contributed by atoms with Crippen molar-refractivity contribution in [2.75, 3.05) is 21.2 Å². The minimum atomic E-state index is -3.51. The van der Waals surface area contributed by atoms with Gasteiger partial charge in [0, 0.05) is 30.4 Å². The molecule has 3 rings (SSSR count). The number of rotatable bonds is 6. The van der Waals surface area contributed by atoms with Gasteiger partial charge < -0.3 is 9.15 Å². The maximum Gasteiger partial charge on any atom is 0.257 e. The van der Waals surface area contributed by atoms with Gasteiger partial charge in [-0.2, -0.15) is 0 Å². The third kappa shape index (κ3) is 3.83. The van der Waals surface area contributed by atoms with Gasteiger partial charge >= 0.3 is 0 Å². The molecule has 0 aliphatic heterocycles. The van der Waals surface area contributed by atoms with Crippen LogP contribution in [-0.4, -0.2) is 38.9 Å². The van der Waals surface area contributed by atoms with Crippen LogP contribution >= 0.6 is 23.4 Å². The molecule has 6 nitrogen and oxygen atoms in total. The van der Waals surface area contributed by atoms with Crippen molar-refractivity contribution < 1.29 is 17.6 Å². The fourth-order valence-electron chi connectivity index (χ4n) is 2.32. The minimum absolute atomic E-state index is 0.177. The summed E-state index contributed by atoms with van der Waals surface area (Å²) < 4.78 is 36.6. The van der Waals surface area contributed by atoms with Crippen LogP contribution in [0.2, 0.25) is 5.02 Å². The second-order valence-corrected chi connectivity index (χ2v) is 9.16. The molecule has 0 fully saturated rings. The van der Waals surface area contributed by atoms with E-state index < -0.39 is 10.0 Å². The first kappa shape index (κ1) is 19.0. The second kappa shape index (κ2) is 7.48. The fourth-order valence-corrected chi connectivity index (χ4v) is 4.25. The average Bonchev–Trinajstić information content (AvgIpc) is 3.02. The van der Waals surface area contributed by atoms with E-state index in [9.17, 15) is 8.42 Å². The number of ether oxygens (including phenoxy) is 1. The monoisotopic (exact) mass is 412 g/mol. The van der Waals surface area contributed by atoms with Crippen LogP contribution in [0.5, 0.6) is 5.75 Å². The third-order valence-corrected chi connectivity index (χ3v) is 6.63. The van der Waals surface area contributed by atoms with Crippen LogP contribution in [0.4, 0.5) is 0 Å². The molecule has 1 heterocycles. The van der Waals surface area contributed by atoms with E-state index in [0.29, 0.717) is 27.1 Å². The van der Waals surface area contributed by atoms with E-state index in [-0.39, 0.29) is 4.90 Å². The molecular weight excluding hydrogens is 396 g/mol. The molecule has 138 valence electrons. The van der Waals surface area contributed by atoms with Crippen molar-refractivity contribution in [3.63, 3.8) is 0 Å². The molecule has 26 heavy (non-hydrogen) atoms. The van der Waals surface area contributed by atoms with Crippen LogP contribution in [0.15, 0.2) is 50.9 Å². The molecule has 0 N–H and O–H groups in total. The summed E-state index contributed by atoms with van der Waals surface area (Å²) in [6, 6.07) is 10.0. The Kier molecular flexibility index (Phi) is 5.47. The first-order valence-electron chi connectivity index (χ1n) is 7.59. The summed E-state index contributed by atoms with van der Waals surface area (Å²) in [6.07, 6.45) is 0. The van der Waals surface area contributed by atoms with Crippen LogP contribution in [0.1, 0.15) is 5.56 Å². The van der Waals surface area contributed by atoms with Gasteiger partial charge in [-0.15, -0.1) is 0 Å². The van der Waals surface area contributed by atoms with E-state index in [1.54, 1.807) is 19.2 Å². The first-order valence-corrected chi connectivity index (χ1v) is 10.4. The molecule has 0 radical (unpaired) electrons. The summed E-state index contributed by atoms with van der Waals surface area (Å²) in [4.78, 5) is 4.56. The predicted molar refractivity (Wildman–Crippen MR) is 102 cm³/mol. The second-order valence-electron chi connectivity index (χ2n) is 5.64. The summed E-state index contributed by atoms with van der Waals surface area (Å²) >= 11 is 7.42. The van der Waals surface area contributed by atoms with Gasteiger partial charge in [-0.05, 0) is 36.4 Å². The third-order valence-electron chi connectivity index (χ3n) is 3.71. The van der Waals surface area contributed by atoms with Gasteiger partial charge in [0.1, 0.15) is 11.3 Å². The summed E-state index contributed by atoms with van der Waals surface area (Å²) in [5.41, 5.74) is 1.94. The molecule has 0 amide bonds. The molecule has 0 aliphatic carbocycles. The van der Waals surface area contributed by atoms with Crippen molar-refractivity contribution in [2.45, 2.75) is 15.9 Å². The maximum atomic E-state index is 12.2. The summed E-state index contributed by atoms with van der Waals surface area (Å²) in [7, 11) is 1.06. The number of benzene rings is 2. The lowest BCUT2D eigenvalue weighted by molar-refractivity contribution is 0.411. The lowest BCUT2D eigenvalue weighted by atomic mass is 10.2. The van der Waals surface area contributed by atoms with Gasteiger partial charge in [0.25, 0.3) is 5.22 Å². The van der Waals surface area contributed by atoms with Crippen LogP contribution in [0.25, 0.3) is 11.1 Å². The quantitative estimate of drug-likeness (QED) is 0.569. The number of hydrogen-bond donors (Lipinski definition) is 0. The lowest BCUT2D eigenvalue weighted by Gasteiger charge is -2.10. The van der Waals surface area contributed by atoms with E-state index in [1.165, 1.54) is 38.0 Å². The molecule has 0 saturated heterocycles. The number of nitrogens with zero attached hydrogens (tertiary/aromatic N) is 2. The highest BCUT2D eigenvalue weighted by Crippen LogP contribution is 2.32. The van der Waals surface area contributed by atoms with E-state index in [0.717, 1.165) is 15.6 Å². The standard InChI is InChI=1S/C17H17ClN2O4S2/c1-20(2)26(21,22)13-5-7-16-14(9-13)19-17(24-16)25-10-11-8-12(18)4-6-15(11)23-3/h4-9H,10H2,1-3H3. The van der Waals surface area contributed by atoms with Crippen molar-refractivity contribution >= 4 is 44.5 Å². The van der Waals surface area contributed by atoms with Gasteiger partial charge in [-0.1, -0.05) is 23.4 Å². The number of sulfonamides is 1. The molecule has 0 saturated carbocycles. The zero-order valence-electron chi connectivity index (χ0n) is 14.4. The Morgan fingerprint density at radius 1 is 1.23 bits per heavy atom. The van der Waals surface area contributed by atoms with Crippen molar-refractivity contribution in [1.29, 1.82) is 0 Å². The van der Waals surface area contributed by atoms with Gasteiger partial charge in [-0.25, -0.2) is 17.7 Å². The number of aromatic nitrogens is 1. The first-order chi connectivity index (χ1) is 12.3. The minimum Gasteiger partial charge on any atom is -0.496 e. The Labute approximate surface area is 161 Å². The molecule has 0 spiro atoms. The maximum absolute atomic E-state index is 12.2. The van der Waals surface area contributed by atoms with Crippen LogP contribution in [-0.2, 0) is 15.8 Å². The topological polar surface area (TPSA) is 72.6 Å². The zero-order chi connectivity index (χ0) is 18.9. The Hall–Kier alpha value is -1.74. The number of oxazole rings is 1. The predicted octanol–water partition coefficient (Wildman–Crippen LogP) is 4.03. The largest absolute Gasteiger partial charge is 0.496 e. The normalized spacial score (nSPS) is 12.0. The SMILES string of the molecule is COc1ccc(Cl)cc1CSc1nc2cc(S(=O)(=O)N(C)C)ccc2o1. The van der Waals surface area contributed by atoms with Gasteiger partial charge in [-0.3, -0.25) is 0 Å². The van der Waals surface area contributed by atoms with E-state index in [1.807, 2.05) is 12.1 Å². The van der Waals surface area contributed by atoms with Gasteiger partial charge in [0.2, 0.25) is 10.0 Å². The van der Waals surface area contributed by atoms with Crippen molar-refractivity contribution in [2.24, 2.45) is 0 Å². The lowest BCUT2D eigenvalue weighted by Crippen LogP contribution is -2.22. The Morgan fingerprint density at radius 3 is 2.69 bits per heavy atom. The molecule has 9 heteroatoms. The summed E-state index contributed by atoms with van der Waals surface area (Å²) in [6.45, 7) is 0. The molecule has 2 aromatic carbocycles. The van der Waals surface area contributed by atoms with E-state index in [4.69, 9.17) is 20.8 Å². The molecular formula is C17H17ClN2O4S2. The van der Waals surface area contributed by atoms with Gasteiger partial charge in [0.15, 0.2) is 5.58 Å². The summed E-state index contributed by atoms with van der Waals surface area (Å²) in [5.74, 6) is 1.29. The molecule has 3 aromatic rings. The molecule has 0 bridgehead atoms. The Balaban J connectivity index is 1.85. The number of thioether (sulfide) groups is 1. The zero-order valence-corrected chi connectivity index (χ0v) is 16.8. The number of fused-ring (bicyclic) bond motifs is 1. The van der Waals surface area contributed by atoms with Crippen molar-refractivity contribution in [3.05, 3.63) is 47.0 Å². The van der Waals surface area contributed by atoms with Crippen molar-refractivity contribution in [1.82, 2.24) is 9.29 Å². The summed E-state index contributed by atoms with van der Waals surface area (Å²) in [5, 5.41) is 1.07. The van der Waals surface area contributed by atoms with Crippen LogP contribution in [0.3, 0.4) is 0 Å². The van der Waals surface area contributed by atoms with E-state index >= 15 is 0 Å². The molecule has 0 atom stereocenters. The number of hydrogen-bond acceptors (Lipinski definition) is 6. The Bertz CT molecular complexity index is 1050. The van der Waals surface area contributed by atoms with Crippen LogP contribution in [0, 0.1) is 0 Å². The molecule has 1 aromatic heterocycles.